The molecule has 1 aromatic heterocycles. The first-order valence-corrected chi connectivity index (χ1v) is 12.2. The molecule has 0 unspecified atom stereocenters. The summed E-state index contributed by atoms with van der Waals surface area (Å²) in [6.07, 6.45) is 1.41. The fourth-order valence-corrected chi connectivity index (χ4v) is 5.11. The molecular formula is C26H25NO6S. The van der Waals surface area contributed by atoms with E-state index in [-0.39, 0.29) is 15.2 Å². The summed E-state index contributed by atoms with van der Waals surface area (Å²) in [5.74, 6) is 1.75. The molecule has 0 fully saturated rings. The fourth-order valence-electron chi connectivity index (χ4n) is 3.74. The Morgan fingerprint density at radius 3 is 2.00 bits per heavy atom. The summed E-state index contributed by atoms with van der Waals surface area (Å²) in [6.45, 7) is 2.63. The summed E-state index contributed by atoms with van der Waals surface area (Å²) in [6, 6.07) is 18.6. The number of hydrogen-bond acceptors (Lipinski definition) is 6. The van der Waals surface area contributed by atoms with Gasteiger partial charge < -0.3 is 18.8 Å². The van der Waals surface area contributed by atoms with Crippen LogP contribution in [-0.4, -0.2) is 33.8 Å². The lowest BCUT2D eigenvalue weighted by atomic mass is 10.1. The van der Waals surface area contributed by atoms with Crippen molar-refractivity contribution in [1.82, 2.24) is 4.57 Å². The Hall–Kier alpha value is -3.78. The highest BCUT2D eigenvalue weighted by Gasteiger charge is 2.24. The van der Waals surface area contributed by atoms with Gasteiger partial charge in [-0.15, -0.1) is 0 Å². The summed E-state index contributed by atoms with van der Waals surface area (Å²) in [5, 5.41) is 0.272. The Bertz CT molecular complexity index is 1470. The van der Waals surface area contributed by atoms with Gasteiger partial charge in [-0.1, -0.05) is 12.1 Å². The zero-order valence-electron chi connectivity index (χ0n) is 19.1. The lowest BCUT2D eigenvalue weighted by Crippen LogP contribution is -2.19. The average molecular weight is 480 g/mol. The highest BCUT2D eigenvalue weighted by atomic mass is 32.2. The van der Waals surface area contributed by atoms with Gasteiger partial charge in [0.15, 0.2) is 0 Å². The van der Waals surface area contributed by atoms with E-state index in [4.69, 9.17) is 14.2 Å². The molecule has 4 rings (SSSR count). The van der Waals surface area contributed by atoms with Crippen molar-refractivity contribution in [2.75, 3.05) is 20.8 Å². The molecule has 0 spiro atoms. The minimum atomic E-state index is -4.09. The van der Waals surface area contributed by atoms with E-state index >= 15 is 0 Å². The maximum Gasteiger partial charge on any atom is 0.211 e. The van der Waals surface area contributed by atoms with Crippen LogP contribution in [0.25, 0.3) is 10.9 Å². The summed E-state index contributed by atoms with van der Waals surface area (Å²) in [7, 11) is -0.992. The largest absolute Gasteiger partial charge is 0.497 e. The monoisotopic (exact) mass is 479 g/mol. The van der Waals surface area contributed by atoms with Crippen LogP contribution in [0.1, 0.15) is 12.5 Å². The predicted octanol–water partition coefficient (Wildman–Crippen LogP) is 4.30. The number of fused-ring (bicyclic) bond motifs is 1. The minimum Gasteiger partial charge on any atom is -0.497 e. The van der Waals surface area contributed by atoms with Crippen molar-refractivity contribution < 1.29 is 22.6 Å². The third-order valence-corrected chi connectivity index (χ3v) is 7.26. The molecule has 0 saturated heterocycles. The summed E-state index contributed by atoms with van der Waals surface area (Å²) >= 11 is 0. The second-order valence-electron chi connectivity index (χ2n) is 7.59. The normalized spacial score (nSPS) is 11.4. The maximum atomic E-state index is 13.5. The third-order valence-electron chi connectivity index (χ3n) is 5.50. The average Bonchev–Trinajstić information content (AvgIpc) is 2.86. The number of methoxy groups -OCH3 is 2. The van der Waals surface area contributed by atoms with Gasteiger partial charge in [-0.3, -0.25) is 4.79 Å². The minimum absolute atomic E-state index is 0.0155. The van der Waals surface area contributed by atoms with Crippen molar-refractivity contribution in [3.63, 3.8) is 0 Å². The van der Waals surface area contributed by atoms with Crippen LogP contribution >= 0.6 is 0 Å². The van der Waals surface area contributed by atoms with Crippen LogP contribution in [0.4, 0.5) is 0 Å². The summed E-state index contributed by atoms with van der Waals surface area (Å²) in [5.41, 5.74) is 0.962. The molecule has 34 heavy (non-hydrogen) atoms. The summed E-state index contributed by atoms with van der Waals surface area (Å²) in [4.78, 5) is 13.1. The molecule has 0 aliphatic heterocycles. The fraction of sp³-hybridized carbons (Fsp3) is 0.192. The van der Waals surface area contributed by atoms with Gasteiger partial charge in [0.1, 0.15) is 22.1 Å². The van der Waals surface area contributed by atoms with Gasteiger partial charge >= 0.3 is 0 Å². The number of sulfone groups is 1. The molecule has 0 bridgehead atoms. The van der Waals surface area contributed by atoms with Crippen molar-refractivity contribution in [2.24, 2.45) is 0 Å². The van der Waals surface area contributed by atoms with Crippen LogP contribution in [0.3, 0.4) is 0 Å². The zero-order valence-corrected chi connectivity index (χ0v) is 20.0. The molecule has 0 aliphatic carbocycles. The van der Waals surface area contributed by atoms with Gasteiger partial charge in [0.2, 0.25) is 15.3 Å². The molecule has 0 atom stereocenters. The van der Waals surface area contributed by atoms with Crippen LogP contribution in [-0.2, 0) is 16.4 Å². The van der Waals surface area contributed by atoms with Gasteiger partial charge in [0.05, 0.1) is 36.6 Å². The number of ether oxygens (including phenoxy) is 3. The van der Waals surface area contributed by atoms with Gasteiger partial charge in [0, 0.05) is 12.7 Å². The van der Waals surface area contributed by atoms with Crippen molar-refractivity contribution >= 4 is 20.7 Å². The lowest BCUT2D eigenvalue weighted by molar-refractivity contribution is 0.340. The van der Waals surface area contributed by atoms with Gasteiger partial charge in [-0.25, -0.2) is 8.42 Å². The highest BCUT2D eigenvalue weighted by Crippen LogP contribution is 2.26. The van der Waals surface area contributed by atoms with E-state index < -0.39 is 15.3 Å². The van der Waals surface area contributed by atoms with E-state index in [0.29, 0.717) is 30.2 Å². The van der Waals surface area contributed by atoms with Crippen LogP contribution < -0.4 is 19.6 Å². The molecule has 0 saturated carbocycles. The van der Waals surface area contributed by atoms with Crippen LogP contribution in [0.5, 0.6) is 17.2 Å². The van der Waals surface area contributed by atoms with Crippen LogP contribution in [0, 0.1) is 0 Å². The Kier molecular flexibility index (Phi) is 6.61. The second kappa shape index (κ2) is 9.61. The SMILES string of the molecule is CCOc1ccc2c(c1)c(=O)c(S(=O)(=O)c1ccc(OC)cc1)cn2Cc1ccc(OC)cc1. The lowest BCUT2D eigenvalue weighted by Gasteiger charge is -2.15. The van der Waals surface area contributed by atoms with Gasteiger partial charge in [-0.05, 0) is 67.1 Å². The third kappa shape index (κ3) is 4.49. The topological polar surface area (TPSA) is 83.8 Å². The van der Waals surface area contributed by atoms with E-state index in [1.807, 2.05) is 31.2 Å². The first-order chi connectivity index (χ1) is 16.4. The number of hydrogen-bond donors (Lipinski definition) is 0. The molecule has 0 aliphatic rings. The van der Waals surface area contributed by atoms with Gasteiger partial charge in [0.25, 0.3) is 0 Å². The molecule has 0 amide bonds. The van der Waals surface area contributed by atoms with E-state index in [9.17, 15) is 13.2 Å². The Balaban J connectivity index is 1.91. The van der Waals surface area contributed by atoms with E-state index in [1.165, 1.54) is 25.4 Å². The molecule has 0 N–H and O–H groups in total. The van der Waals surface area contributed by atoms with E-state index in [1.54, 1.807) is 42.0 Å². The molecule has 0 radical (unpaired) electrons. The smallest absolute Gasteiger partial charge is 0.211 e. The highest BCUT2D eigenvalue weighted by molar-refractivity contribution is 7.91. The van der Waals surface area contributed by atoms with Crippen molar-refractivity contribution in [2.45, 2.75) is 23.3 Å². The van der Waals surface area contributed by atoms with Crippen LogP contribution in [0.15, 0.2) is 87.5 Å². The number of benzene rings is 3. The molecule has 3 aromatic carbocycles. The van der Waals surface area contributed by atoms with Crippen molar-refractivity contribution in [3.8, 4) is 17.2 Å². The van der Waals surface area contributed by atoms with Crippen molar-refractivity contribution in [3.05, 3.63) is 88.7 Å². The quantitative estimate of drug-likeness (QED) is 0.375. The molecule has 8 heteroatoms. The Morgan fingerprint density at radius 2 is 1.41 bits per heavy atom. The van der Waals surface area contributed by atoms with Gasteiger partial charge in [-0.2, -0.15) is 0 Å². The number of nitrogens with zero attached hydrogens (tertiary/aromatic N) is 1. The van der Waals surface area contributed by atoms with Crippen LogP contribution in [0.2, 0.25) is 0 Å². The number of aromatic nitrogens is 1. The summed E-state index contributed by atoms with van der Waals surface area (Å²) < 4.78 is 44.7. The molecule has 7 nitrogen and oxygen atoms in total. The molecular weight excluding hydrogens is 454 g/mol. The zero-order chi connectivity index (χ0) is 24.3. The Morgan fingerprint density at radius 1 is 0.824 bits per heavy atom. The van der Waals surface area contributed by atoms with E-state index in [0.717, 1.165) is 11.3 Å². The maximum absolute atomic E-state index is 13.5. The van der Waals surface area contributed by atoms with Crippen molar-refractivity contribution in [1.29, 1.82) is 0 Å². The first-order valence-electron chi connectivity index (χ1n) is 10.7. The standard InChI is InChI=1S/C26H25NO6S/c1-4-33-21-11-14-24-23(15-21)26(28)25(34(29,30)22-12-9-20(32-3)10-13-22)17-27(24)16-18-5-7-19(31-2)8-6-18/h5-15,17H,4,16H2,1-3H3. The Labute approximate surface area is 198 Å². The molecule has 1 heterocycles. The second-order valence-corrected chi connectivity index (χ2v) is 9.51. The molecule has 4 aromatic rings. The molecule has 176 valence electrons. The number of rotatable bonds is 8. The number of pyridine rings is 1. The van der Waals surface area contributed by atoms with E-state index in [2.05, 4.69) is 0 Å². The predicted molar refractivity (Wildman–Crippen MR) is 130 cm³/mol. The first kappa shape index (κ1) is 23.4.